The van der Waals surface area contributed by atoms with Crippen LogP contribution in [0.5, 0.6) is 0 Å². The molecule has 2 heteroatoms. The minimum absolute atomic E-state index is 0.766. The first-order valence-corrected chi connectivity index (χ1v) is 9.78. The second-order valence-electron chi connectivity index (χ2n) is 8.04. The third-order valence-corrected chi connectivity index (χ3v) is 6.45. The zero-order valence-electron chi connectivity index (χ0n) is 14.3. The lowest BCUT2D eigenvalue weighted by Gasteiger charge is -2.51. The van der Waals surface area contributed by atoms with Gasteiger partial charge in [0.25, 0.3) is 0 Å². The predicted molar refractivity (Wildman–Crippen MR) is 90.6 cm³/mol. The smallest absolute Gasteiger partial charge is 0.0254 e. The van der Waals surface area contributed by atoms with Crippen molar-refractivity contribution in [1.29, 1.82) is 0 Å². The van der Waals surface area contributed by atoms with Crippen LogP contribution in [0.3, 0.4) is 0 Å². The molecule has 1 aliphatic heterocycles. The standard InChI is InChI=1S/C19H36N2/c1-3-12-20-17-11-10-15(2)14-19(17)21-13-6-8-16-7-4-5-9-18(16)21/h15-20H,3-14H2,1-2H3/t15?,16-,17?,18-,19?/m1/s1. The highest BCUT2D eigenvalue weighted by Gasteiger charge is 2.40. The van der Waals surface area contributed by atoms with Gasteiger partial charge in [0.1, 0.15) is 0 Å². The van der Waals surface area contributed by atoms with Crippen molar-refractivity contribution < 1.29 is 0 Å². The maximum Gasteiger partial charge on any atom is 0.0254 e. The molecule has 0 radical (unpaired) electrons. The van der Waals surface area contributed by atoms with Crippen molar-refractivity contribution in [3.05, 3.63) is 0 Å². The summed E-state index contributed by atoms with van der Waals surface area (Å²) in [6.07, 6.45) is 14.5. The van der Waals surface area contributed by atoms with Crippen LogP contribution in [0, 0.1) is 11.8 Å². The maximum atomic E-state index is 3.89. The van der Waals surface area contributed by atoms with Gasteiger partial charge in [0.05, 0.1) is 0 Å². The number of piperidine rings is 1. The zero-order valence-corrected chi connectivity index (χ0v) is 14.3. The van der Waals surface area contributed by atoms with Gasteiger partial charge in [-0.25, -0.2) is 0 Å². The molecular formula is C19H36N2. The lowest BCUT2D eigenvalue weighted by atomic mass is 9.75. The molecule has 21 heavy (non-hydrogen) atoms. The molecule has 3 aliphatic rings. The van der Waals surface area contributed by atoms with Crippen molar-refractivity contribution in [3.63, 3.8) is 0 Å². The van der Waals surface area contributed by atoms with Crippen molar-refractivity contribution in [2.45, 2.75) is 96.2 Å². The van der Waals surface area contributed by atoms with Crippen molar-refractivity contribution in [2.24, 2.45) is 11.8 Å². The van der Waals surface area contributed by atoms with E-state index in [-0.39, 0.29) is 0 Å². The van der Waals surface area contributed by atoms with E-state index in [9.17, 15) is 0 Å². The quantitative estimate of drug-likeness (QED) is 0.835. The third-order valence-electron chi connectivity index (χ3n) is 6.45. The Hall–Kier alpha value is -0.0800. The van der Waals surface area contributed by atoms with E-state index in [0.717, 1.165) is 30.0 Å². The van der Waals surface area contributed by atoms with Gasteiger partial charge in [0, 0.05) is 18.1 Å². The van der Waals surface area contributed by atoms with E-state index < -0.39 is 0 Å². The van der Waals surface area contributed by atoms with Crippen molar-refractivity contribution in [3.8, 4) is 0 Å². The SMILES string of the molecule is CCCNC1CCC(C)CC1N1CCC[C@H]2CCCC[C@H]21. The van der Waals surface area contributed by atoms with Gasteiger partial charge in [0.15, 0.2) is 0 Å². The molecule has 122 valence electrons. The minimum atomic E-state index is 0.766. The average Bonchev–Trinajstić information content (AvgIpc) is 2.53. The highest BCUT2D eigenvalue weighted by molar-refractivity contribution is 4.97. The van der Waals surface area contributed by atoms with E-state index in [4.69, 9.17) is 0 Å². The van der Waals surface area contributed by atoms with Gasteiger partial charge in [-0.05, 0) is 76.3 Å². The van der Waals surface area contributed by atoms with Crippen molar-refractivity contribution in [1.82, 2.24) is 10.2 Å². The number of fused-ring (bicyclic) bond motifs is 1. The Balaban J connectivity index is 1.70. The Labute approximate surface area is 132 Å². The Morgan fingerprint density at radius 3 is 2.62 bits per heavy atom. The summed E-state index contributed by atoms with van der Waals surface area (Å²) in [6, 6.07) is 2.52. The van der Waals surface area contributed by atoms with E-state index >= 15 is 0 Å². The fourth-order valence-electron chi connectivity index (χ4n) is 5.36. The van der Waals surface area contributed by atoms with Crippen molar-refractivity contribution >= 4 is 0 Å². The summed E-state index contributed by atoms with van der Waals surface area (Å²) in [6.45, 7) is 7.36. The van der Waals surface area contributed by atoms with Gasteiger partial charge in [-0.2, -0.15) is 0 Å². The molecule has 1 N–H and O–H groups in total. The molecule has 0 aromatic rings. The second kappa shape index (κ2) is 7.46. The summed E-state index contributed by atoms with van der Waals surface area (Å²) in [5.74, 6) is 1.95. The first-order valence-electron chi connectivity index (χ1n) is 9.78. The third kappa shape index (κ3) is 3.64. The van der Waals surface area contributed by atoms with Crippen LogP contribution in [-0.2, 0) is 0 Å². The van der Waals surface area contributed by atoms with Gasteiger partial charge in [0.2, 0.25) is 0 Å². The van der Waals surface area contributed by atoms with Gasteiger partial charge in [-0.15, -0.1) is 0 Å². The molecule has 2 aliphatic carbocycles. The predicted octanol–water partition coefficient (Wildman–Crippen LogP) is 4.20. The molecule has 1 heterocycles. The maximum absolute atomic E-state index is 3.89. The van der Waals surface area contributed by atoms with Crippen LogP contribution in [0.15, 0.2) is 0 Å². The van der Waals surface area contributed by atoms with Crippen LogP contribution in [0.25, 0.3) is 0 Å². The molecule has 0 aromatic heterocycles. The highest BCUT2D eigenvalue weighted by atomic mass is 15.2. The summed E-state index contributed by atoms with van der Waals surface area (Å²) in [5.41, 5.74) is 0. The van der Waals surface area contributed by atoms with Gasteiger partial charge < -0.3 is 5.32 Å². The first kappa shape index (κ1) is 15.8. The van der Waals surface area contributed by atoms with Crippen LogP contribution < -0.4 is 5.32 Å². The molecule has 3 rings (SSSR count). The monoisotopic (exact) mass is 292 g/mol. The normalized spacial score (nSPS) is 41.7. The summed E-state index contributed by atoms with van der Waals surface area (Å²) in [7, 11) is 0. The summed E-state index contributed by atoms with van der Waals surface area (Å²) in [4.78, 5) is 2.98. The lowest BCUT2D eigenvalue weighted by Crippen LogP contribution is -2.59. The van der Waals surface area contributed by atoms with Crippen LogP contribution >= 0.6 is 0 Å². The van der Waals surface area contributed by atoms with E-state index in [1.165, 1.54) is 77.3 Å². The fraction of sp³-hybridized carbons (Fsp3) is 1.00. The van der Waals surface area contributed by atoms with E-state index in [2.05, 4.69) is 24.1 Å². The van der Waals surface area contributed by atoms with Crippen LogP contribution in [0.4, 0.5) is 0 Å². The number of hydrogen-bond donors (Lipinski definition) is 1. The van der Waals surface area contributed by atoms with Gasteiger partial charge >= 0.3 is 0 Å². The molecule has 5 atom stereocenters. The molecule has 0 amide bonds. The van der Waals surface area contributed by atoms with Crippen LogP contribution in [-0.4, -0.2) is 36.1 Å². The average molecular weight is 293 g/mol. The number of nitrogens with one attached hydrogen (secondary N) is 1. The minimum Gasteiger partial charge on any atom is -0.312 e. The molecule has 0 spiro atoms. The van der Waals surface area contributed by atoms with Crippen molar-refractivity contribution in [2.75, 3.05) is 13.1 Å². The number of hydrogen-bond acceptors (Lipinski definition) is 2. The van der Waals surface area contributed by atoms with Crippen LogP contribution in [0.1, 0.15) is 78.1 Å². The number of nitrogens with zero attached hydrogens (tertiary/aromatic N) is 1. The number of likely N-dealkylation sites (tertiary alicyclic amines) is 1. The van der Waals surface area contributed by atoms with Gasteiger partial charge in [-0.3, -0.25) is 4.90 Å². The molecule has 3 unspecified atom stereocenters. The second-order valence-corrected chi connectivity index (χ2v) is 8.04. The molecular weight excluding hydrogens is 256 g/mol. The fourth-order valence-corrected chi connectivity index (χ4v) is 5.36. The Kier molecular flexibility index (Phi) is 5.61. The van der Waals surface area contributed by atoms with Crippen LogP contribution in [0.2, 0.25) is 0 Å². The Bertz CT molecular complexity index is 313. The van der Waals surface area contributed by atoms with Gasteiger partial charge in [-0.1, -0.05) is 26.7 Å². The molecule has 2 nitrogen and oxygen atoms in total. The van der Waals surface area contributed by atoms with E-state index in [1.54, 1.807) is 0 Å². The molecule has 3 fully saturated rings. The van der Waals surface area contributed by atoms with E-state index in [1.807, 2.05) is 0 Å². The van der Waals surface area contributed by atoms with E-state index in [0.29, 0.717) is 0 Å². The Morgan fingerprint density at radius 2 is 1.76 bits per heavy atom. The largest absolute Gasteiger partial charge is 0.312 e. The topological polar surface area (TPSA) is 15.3 Å². The number of rotatable bonds is 4. The molecule has 2 saturated carbocycles. The summed E-state index contributed by atoms with van der Waals surface area (Å²) in [5, 5.41) is 3.89. The zero-order chi connectivity index (χ0) is 14.7. The molecule has 0 aromatic carbocycles. The Morgan fingerprint density at radius 1 is 0.952 bits per heavy atom. The summed E-state index contributed by atoms with van der Waals surface area (Å²) >= 11 is 0. The molecule has 1 saturated heterocycles. The molecule has 0 bridgehead atoms. The lowest BCUT2D eigenvalue weighted by molar-refractivity contribution is -0.00715. The summed E-state index contributed by atoms with van der Waals surface area (Å²) < 4.78 is 0. The highest BCUT2D eigenvalue weighted by Crippen LogP contribution is 2.39. The first-order chi connectivity index (χ1) is 10.3.